The van der Waals surface area contributed by atoms with Crippen LogP contribution in [0, 0.1) is 6.92 Å². The molecule has 0 aliphatic heterocycles. The Balaban J connectivity index is 1.94. The Morgan fingerprint density at radius 1 is 1.23 bits per heavy atom. The average molecular weight is 371 g/mol. The predicted molar refractivity (Wildman–Crippen MR) is 95.9 cm³/mol. The number of nitrogens with zero attached hydrogens (tertiary/aromatic N) is 1. The van der Waals surface area contributed by atoms with Gasteiger partial charge in [-0.05, 0) is 31.2 Å². The minimum Gasteiger partial charge on any atom is -0.501 e. The molecule has 4 N–H and O–H groups in total. The fourth-order valence-electron chi connectivity index (χ4n) is 2.25. The summed E-state index contributed by atoms with van der Waals surface area (Å²) in [5.41, 5.74) is -0.876. The number of thiophene rings is 1. The van der Waals surface area contributed by atoms with E-state index in [4.69, 9.17) is 5.11 Å². The summed E-state index contributed by atoms with van der Waals surface area (Å²) in [5, 5.41) is 21.3. The molecule has 2 heterocycles. The molecule has 8 nitrogen and oxygen atoms in total. The van der Waals surface area contributed by atoms with Gasteiger partial charge >= 0.3 is 5.97 Å². The van der Waals surface area contributed by atoms with Crippen LogP contribution in [0.25, 0.3) is 11.4 Å². The normalized spacial score (nSPS) is 10.5. The molecule has 0 atom stereocenters. The third-order valence-electron chi connectivity index (χ3n) is 3.46. The highest BCUT2D eigenvalue weighted by Gasteiger charge is 2.18. The third kappa shape index (κ3) is 3.47. The largest absolute Gasteiger partial charge is 0.501 e. The summed E-state index contributed by atoms with van der Waals surface area (Å²) in [4.78, 5) is 42.7. The standard InChI is InChI=1S/C17H13N3O5S/c1-8-5-6-11(26-8)15(22)18-10-4-2-3-9(7-10)14-19-12(17(24)25)13(21)16(23)20-14/h2-7,21H,1H3,(H,18,22)(H,24,25)(H,19,20,23). The van der Waals surface area contributed by atoms with Crippen LogP contribution in [-0.2, 0) is 0 Å². The summed E-state index contributed by atoms with van der Waals surface area (Å²) in [7, 11) is 0. The number of hydrogen-bond acceptors (Lipinski definition) is 6. The molecule has 0 bridgehead atoms. The molecule has 0 radical (unpaired) electrons. The Bertz CT molecular complexity index is 1070. The number of hydrogen-bond donors (Lipinski definition) is 4. The topological polar surface area (TPSA) is 132 Å². The van der Waals surface area contributed by atoms with Crippen molar-refractivity contribution in [2.24, 2.45) is 0 Å². The zero-order valence-corrected chi connectivity index (χ0v) is 14.3. The lowest BCUT2D eigenvalue weighted by Crippen LogP contribution is -2.15. The number of carbonyl (C=O) groups is 2. The summed E-state index contributed by atoms with van der Waals surface area (Å²) in [6.45, 7) is 1.90. The third-order valence-corrected chi connectivity index (χ3v) is 4.45. The molecule has 1 aromatic carbocycles. The second kappa shape index (κ2) is 6.81. The van der Waals surface area contributed by atoms with Gasteiger partial charge in [-0.25, -0.2) is 9.78 Å². The van der Waals surface area contributed by atoms with E-state index < -0.39 is 23.0 Å². The minimum absolute atomic E-state index is 0.0340. The number of amides is 1. The van der Waals surface area contributed by atoms with Crippen LogP contribution in [0.5, 0.6) is 5.75 Å². The Kier molecular flexibility index (Phi) is 4.55. The molecule has 0 unspecified atom stereocenters. The highest BCUT2D eigenvalue weighted by molar-refractivity contribution is 7.14. The van der Waals surface area contributed by atoms with Gasteiger partial charge in [-0.1, -0.05) is 12.1 Å². The van der Waals surface area contributed by atoms with Crippen LogP contribution in [0.3, 0.4) is 0 Å². The number of H-pyrrole nitrogens is 1. The van der Waals surface area contributed by atoms with Crippen LogP contribution in [0.15, 0.2) is 41.2 Å². The van der Waals surface area contributed by atoms with Crippen LogP contribution < -0.4 is 10.9 Å². The van der Waals surface area contributed by atoms with Crippen molar-refractivity contribution in [1.82, 2.24) is 9.97 Å². The van der Waals surface area contributed by atoms with E-state index in [1.807, 2.05) is 13.0 Å². The predicted octanol–water partition coefficient (Wildman–Crippen LogP) is 2.46. The van der Waals surface area contributed by atoms with Crippen LogP contribution >= 0.6 is 11.3 Å². The lowest BCUT2D eigenvalue weighted by Gasteiger charge is -2.07. The van der Waals surface area contributed by atoms with Crippen LogP contribution in [0.4, 0.5) is 5.69 Å². The first-order chi connectivity index (χ1) is 12.3. The number of rotatable bonds is 4. The van der Waals surface area contributed by atoms with Gasteiger partial charge in [0.1, 0.15) is 5.82 Å². The van der Waals surface area contributed by atoms with Gasteiger partial charge in [-0.15, -0.1) is 11.3 Å². The quantitative estimate of drug-likeness (QED) is 0.557. The number of aromatic nitrogens is 2. The molecule has 1 amide bonds. The number of carboxylic acids is 1. The SMILES string of the molecule is Cc1ccc(C(=O)Nc2cccc(-c3nc(C(=O)O)c(O)c(=O)[nH]3)c2)s1. The van der Waals surface area contributed by atoms with Crippen molar-refractivity contribution in [1.29, 1.82) is 0 Å². The fraction of sp³-hybridized carbons (Fsp3) is 0.0588. The molecule has 3 rings (SSSR count). The second-order valence-electron chi connectivity index (χ2n) is 5.36. The number of aryl methyl sites for hydroxylation is 1. The van der Waals surface area contributed by atoms with E-state index in [1.165, 1.54) is 11.3 Å². The number of aromatic carboxylic acids is 1. The van der Waals surface area contributed by atoms with Crippen molar-refractivity contribution in [3.05, 3.63) is 62.2 Å². The number of anilines is 1. The monoisotopic (exact) mass is 371 g/mol. The van der Waals surface area contributed by atoms with Crippen molar-refractivity contribution >= 4 is 28.9 Å². The smallest absolute Gasteiger partial charge is 0.358 e. The highest BCUT2D eigenvalue weighted by atomic mass is 32.1. The number of benzene rings is 1. The maximum Gasteiger partial charge on any atom is 0.358 e. The van der Waals surface area contributed by atoms with Crippen molar-refractivity contribution < 1.29 is 19.8 Å². The Morgan fingerprint density at radius 3 is 2.65 bits per heavy atom. The Morgan fingerprint density at radius 2 is 2.00 bits per heavy atom. The van der Waals surface area contributed by atoms with Crippen LogP contribution in [0.1, 0.15) is 25.0 Å². The fourth-order valence-corrected chi connectivity index (χ4v) is 3.01. The first-order valence-electron chi connectivity index (χ1n) is 7.40. The lowest BCUT2D eigenvalue weighted by atomic mass is 10.1. The Labute approximate surface area is 150 Å². The number of aromatic hydroxyl groups is 1. The molecule has 9 heteroatoms. The van der Waals surface area contributed by atoms with Gasteiger partial charge in [-0.3, -0.25) is 9.59 Å². The summed E-state index contributed by atoms with van der Waals surface area (Å²) >= 11 is 1.36. The van der Waals surface area contributed by atoms with Crippen molar-refractivity contribution in [2.75, 3.05) is 5.32 Å². The number of aromatic amines is 1. The first-order valence-corrected chi connectivity index (χ1v) is 8.21. The average Bonchev–Trinajstić information content (AvgIpc) is 3.04. The zero-order valence-electron chi connectivity index (χ0n) is 13.4. The second-order valence-corrected chi connectivity index (χ2v) is 6.65. The molecule has 0 fully saturated rings. The van der Waals surface area contributed by atoms with Gasteiger partial charge in [0.15, 0.2) is 5.69 Å². The molecule has 132 valence electrons. The van der Waals surface area contributed by atoms with Crippen molar-refractivity contribution in [2.45, 2.75) is 6.92 Å². The van der Waals surface area contributed by atoms with E-state index >= 15 is 0 Å². The van der Waals surface area contributed by atoms with Crippen molar-refractivity contribution in [3.63, 3.8) is 0 Å². The molecular formula is C17H13N3O5S. The van der Waals surface area contributed by atoms with E-state index in [0.717, 1.165) is 4.88 Å². The van der Waals surface area contributed by atoms with Crippen LogP contribution in [-0.4, -0.2) is 32.1 Å². The summed E-state index contributed by atoms with van der Waals surface area (Å²) in [6.07, 6.45) is 0. The summed E-state index contributed by atoms with van der Waals surface area (Å²) in [5.74, 6) is -2.79. The van der Waals surface area contributed by atoms with Gasteiger partial charge in [0.2, 0.25) is 5.75 Å². The van der Waals surface area contributed by atoms with E-state index in [2.05, 4.69) is 15.3 Å². The molecule has 3 aromatic rings. The molecule has 26 heavy (non-hydrogen) atoms. The van der Waals surface area contributed by atoms with Gasteiger partial charge in [-0.2, -0.15) is 0 Å². The van der Waals surface area contributed by atoms with Crippen molar-refractivity contribution in [3.8, 4) is 17.1 Å². The maximum atomic E-state index is 12.2. The molecule has 0 saturated heterocycles. The van der Waals surface area contributed by atoms with E-state index in [1.54, 1.807) is 30.3 Å². The molecule has 0 aliphatic rings. The van der Waals surface area contributed by atoms with Gasteiger partial charge in [0.25, 0.3) is 11.5 Å². The number of carbonyl (C=O) groups excluding carboxylic acids is 1. The first kappa shape index (κ1) is 17.4. The maximum absolute atomic E-state index is 12.2. The highest BCUT2D eigenvalue weighted by Crippen LogP contribution is 2.22. The molecule has 0 spiro atoms. The van der Waals surface area contributed by atoms with Gasteiger partial charge in [0.05, 0.1) is 4.88 Å². The van der Waals surface area contributed by atoms with Crippen LogP contribution in [0.2, 0.25) is 0 Å². The van der Waals surface area contributed by atoms with E-state index in [0.29, 0.717) is 16.1 Å². The zero-order chi connectivity index (χ0) is 18.8. The van der Waals surface area contributed by atoms with Gasteiger partial charge < -0.3 is 20.5 Å². The lowest BCUT2D eigenvalue weighted by molar-refractivity contribution is 0.0686. The molecule has 2 aromatic heterocycles. The molecule has 0 aliphatic carbocycles. The Hall–Kier alpha value is -3.46. The van der Waals surface area contributed by atoms with E-state index in [-0.39, 0.29) is 11.7 Å². The summed E-state index contributed by atoms with van der Waals surface area (Å²) < 4.78 is 0. The van der Waals surface area contributed by atoms with Gasteiger partial charge in [0, 0.05) is 16.1 Å². The van der Waals surface area contributed by atoms with E-state index in [9.17, 15) is 19.5 Å². The number of carboxylic acid groups (broad SMARTS) is 1. The molecular weight excluding hydrogens is 358 g/mol. The number of nitrogens with one attached hydrogen (secondary N) is 2. The molecule has 0 saturated carbocycles. The summed E-state index contributed by atoms with van der Waals surface area (Å²) in [6, 6.07) is 9.97. The minimum atomic E-state index is -1.52.